The van der Waals surface area contributed by atoms with E-state index in [0.29, 0.717) is 5.39 Å². The Morgan fingerprint density at radius 3 is 2.69 bits per heavy atom. The van der Waals surface area contributed by atoms with Gasteiger partial charge in [0.25, 0.3) is 0 Å². The van der Waals surface area contributed by atoms with E-state index in [1.807, 2.05) is 52.8 Å². The molecule has 1 fully saturated rings. The van der Waals surface area contributed by atoms with Crippen molar-refractivity contribution in [2.24, 2.45) is 0 Å². The van der Waals surface area contributed by atoms with E-state index in [9.17, 15) is 9.59 Å². The van der Waals surface area contributed by atoms with Crippen molar-refractivity contribution >= 4 is 16.8 Å². The molecule has 4 rings (SSSR count). The van der Waals surface area contributed by atoms with Gasteiger partial charge in [0.05, 0.1) is 17.3 Å². The fourth-order valence-electron chi connectivity index (χ4n) is 3.48. The van der Waals surface area contributed by atoms with Gasteiger partial charge in [0.15, 0.2) is 5.43 Å². The Morgan fingerprint density at radius 2 is 1.96 bits per heavy atom. The third kappa shape index (κ3) is 3.12. The number of carbonyl (C=O) groups excluding carboxylic acids is 1. The Kier molecular flexibility index (Phi) is 4.29. The van der Waals surface area contributed by atoms with E-state index < -0.39 is 0 Å². The van der Waals surface area contributed by atoms with E-state index in [1.165, 1.54) is 6.07 Å². The van der Waals surface area contributed by atoms with Crippen LogP contribution >= 0.6 is 0 Å². The molecular formula is C21H21N3O2. The second kappa shape index (κ2) is 6.75. The molecule has 5 nitrogen and oxygen atoms in total. The summed E-state index contributed by atoms with van der Waals surface area (Å²) in [4.78, 5) is 31.6. The predicted molar refractivity (Wildman–Crippen MR) is 101 cm³/mol. The normalized spacial score (nSPS) is 15.0. The summed E-state index contributed by atoms with van der Waals surface area (Å²) in [5.74, 6) is 0.0551. The van der Waals surface area contributed by atoms with Gasteiger partial charge in [0, 0.05) is 29.9 Å². The van der Waals surface area contributed by atoms with Crippen molar-refractivity contribution in [3.63, 3.8) is 0 Å². The molecule has 0 aliphatic heterocycles. The number of amides is 1. The van der Waals surface area contributed by atoms with Gasteiger partial charge in [0.2, 0.25) is 5.91 Å². The molecule has 0 spiro atoms. The Labute approximate surface area is 151 Å². The number of benzene rings is 1. The minimum atomic E-state index is -0.0677. The SMILES string of the molecule is CC(c1ccccn1)N(C(=O)Cn1ccc(=O)c2ccccc21)C1CC1. The number of para-hydroxylation sites is 1. The van der Waals surface area contributed by atoms with E-state index in [4.69, 9.17) is 0 Å². The van der Waals surface area contributed by atoms with Crippen molar-refractivity contribution in [1.82, 2.24) is 14.5 Å². The molecule has 0 N–H and O–H groups in total. The average Bonchev–Trinajstić information content (AvgIpc) is 3.50. The third-order valence-electron chi connectivity index (χ3n) is 4.95. The van der Waals surface area contributed by atoms with Crippen LogP contribution < -0.4 is 5.43 Å². The van der Waals surface area contributed by atoms with Gasteiger partial charge in [-0.15, -0.1) is 0 Å². The smallest absolute Gasteiger partial charge is 0.243 e. The molecule has 3 aromatic rings. The molecule has 1 aromatic carbocycles. The number of nitrogens with zero attached hydrogens (tertiary/aromatic N) is 3. The number of rotatable bonds is 5. The first kappa shape index (κ1) is 16.5. The molecule has 5 heteroatoms. The van der Waals surface area contributed by atoms with Crippen LogP contribution in [0.15, 0.2) is 65.7 Å². The number of hydrogen-bond donors (Lipinski definition) is 0. The van der Waals surface area contributed by atoms with Gasteiger partial charge < -0.3 is 9.47 Å². The average molecular weight is 347 g/mol. The summed E-state index contributed by atoms with van der Waals surface area (Å²) in [7, 11) is 0. The van der Waals surface area contributed by atoms with E-state index in [-0.39, 0.29) is 30.0 Å². The zero-order chi connectivity index (χ0) is 18.1. The van der Waals surface area contributed by atoms with Gasteiger partial charge in [-0.2, -0.15) is 0 Å². The van der Waals surface area contributed by atoms with Crippen LogP contribution in [0.1, 0.15) is 31.5 Å². The molecule has 2 heterocycles. The molecule has 1 amide bonds. The Hall–Kier alpha value is -2.95. The van der Waals surface area contributed by atoms with Gasteiger partial charge in [-0.05, 0) is 44.0 Å². The lowest BCUT2D eigenvalue weighted by Crippen LogP contribution is -2.38. The molecule has 1 saturated carbocycles. The van der Waals surface area contributed by atoms with E-state index in [1.54, 1.807) is 18.5 Å². The summed E-state index contributed by atoms with van der Waals surface area (Å²) < 4.78 is 1.86. The van der Waals surface area contributed by atoms with Crippen molar-refractivity contribution in [3.8, 4) is 0 Å². The molecule has 1 aliphatic rings. The summed E-state index contributed by atoms with van der Waals surface area (Å²) in [6, 6.07) is 14.9. The van der Waals surface area contributed by atoms with Crippen LogP contribution in [-0.2, 0) is 11.3 Å². The Morgan fingerprint density at radius 1 is 1.19 bits per heavy atom. The van der Waals surface area contributed by atoms with E-state index in [0.717, 1.165) is 24.1 Å². The van der Waals surface area contributed by atoms with Crippen molar-refractivity contribution in [1.29, 1.82) is 0 Å². The summed E-state index contributed by atoms with van der Waals surface area (Å²) in [6.45, 7) is 2.25. The topological polar surface area (TPSA) is 55.2 Å². The number of fused-ring (bicyclic) bond motifs is 1. The number of pyridine rings is 2. The van der Waals surface area contributed by atoms with E-state index in [2.05, 4.69) is 4.98 Å². The molecule has 0 bridgehead atoms. The van der Waals surface area contributed by atoms with E-state index >= 15 is 0 Å². The summed E-state index contributed by atoms with van der Waals surface area (Å²) in [5, 5.41) is 0.638. The van der Waals surface area contributed by atoms with Crippen LogP contribution in [0.25, 0.3) is 10.9 Å². The number of hydrogen-bond acceptors (Lipinski definition) is 3. The molecule has 1 unspecified atom stereocenters. The van der Waals surface area contributed by atoms with Gasteiger partial charge in [-0.3, -0.25) is 14.6 Å². The Balaban J connectivity index is 1.64. The molecule has 0 radical (unpaired) electrons. The zero-order valence-corrected chi connectivity index (χ0v) is 14.7. The zero-order valence-electron chi connectivity index (χ0n) is 14.7. The maximum absolute atomic E-state index is 13.1. The minimum absolute atomic E-state index is 0.0230. The van der Waals surface area contributed by atoms with Gasteiger partial charge >= 0.3 is 0 Å². The Bertz CT molecular complexity index is 993. The number of aromatic nitrogens is 2. The van der Waals surface area contributed by atoms with Crippen LogP contribution in [0.3, 0.4) is 0 Å². The molecule has 0 saturated heterocycles. The van der Waals surface area contributed by atoms with Crippen molar-refractivity contribution < 1.29 is 4.79 Å². The molecule has 1 atom stereocenters. The predicted octanol–water partition coefficient (Wildman–Crippen LogP) is 3.15. The van der Waals surface area contributed by atoms with Crippen molar-refractivity contribution in [2.75, 3.05) is 0 Å². The third-order valence-corrected chi connectivity index (χ3v) is 4.95. The fourth-order valence-corrected chi connectivity index (χ4v) is 3.48. The van der Waals surface area contributed by atoms with Crippen LogP contribution in [0, 0.1) is 0 Å². The highest BCUT2D eigenvalue weighted by Crippen LogP contribution is 2.34. The van der Waals surface area contributed by atoms with Gasteiger partial charge in [-0.25, -0.2) is 0 Å². The first-order chi connectivity index (χ1) is 12.6. The summed E-state index contributed by atoms with van der Waals surface area (Å²) in [6.07, 6.45) is 5.54. The lowest BCUT2D eigenvalue weighted by molar-refractivity contribution is -0.134. The molecular weight excluding hydrogens is 326 g/mol. The molecule has 2 aromatic heterocycles. The fraction of sp³-hybridized carbons (Fsp3) is 0.286. The lowest BCUT2D eigenvalue weighted by Gasteiger charge is -2.29. The van der Waals surface area contributed by atoms with Crippen LogP contribution in [-0.4, -0.2) is 26.4 Å². The van der Waals surface area contributed by atoms with Gasteiger partial charge in [-0.1, -0.05) is 18.2 Å². The van der Waals surface area contributed by atoms with Crippen molar-refractivity contribution in [3.05, 3.63) is 76.8 Å². The second-order valence-electron chi connectivity index (χ2n) is 6.79. The van der Waals surface area contributed by atoms with Crippen LogP contribution in [0.5, 0.6) is 0 Å². The largest absolute Gasteiger partial charge is 0.338 e. The summed E-state index contributed by atoms with van der Waals surface area (Å²) >= 11 is 0. The van der Waals surface area contributed by atoms with Crippen LogP contribution in [0.2, 0.25) is 0 Å². The maximum atomic E-state index is 13.1. The highest BCUT2D eigenvalue weighted by Gasteiger charge is 2.36. The second-order valence-corrected chi connectivity index (χ2v) is 6.79. The van der Waals surface area contributed by atoms with Gasteiger partial charge in [0.1, 0.15) is 6.54 Å². The molecule has 1 aliphatic carbocycles. The lowest BCUT2D eigenvalue weighted by atomic mass is 10.1. The van der Waals surface area contributed by atoms with Crippen molar-refractivity contribution in [2.45, 2.75) is 38.4 Å². The molecule has 26 heavy (non-hydrogen) atoms. The first-order valence-corrected chi connectivity index (χ1v) is 8.95. The quantitative estimate of drug-likeness (QED) is 0.712. The maximum Gasteiger partial charge on any atom is 0.243 e. The summed E-state index contributed by atoms with van der Waals surface area (Å²) in [5.41, 5.74) is 1.66. The highest BCUT2D eigenvalue weighted by atomic mass is 16.2. The van der Waals surface area contributed by atoms with Crippen LogP contribution in [0.4, 0.5) is 0 Å². The monoisotopic (exact) mass is 347 g/mol. The first-order valence-electron chi connectivity index (χ1n) is 8.95. The highest BCUT2D eigenvalue weighted by molar-refractivity contribution is 5.82. The standard InChI is InChI=1S/C21H21N3O2/c1-15(18-7-4-5-12-22-18)24(16-9-10-16)21(26)14-23-13-11-20(25)17-6-2-3-8-19(17)23/h2-8,11-13,15-16H,9-10,14H2,1H3. The minimum Gasteiger partial charge on any atom is -0.338 e. The molecule has 132 valence electrons. The number of carbonyl (C=O) groups is 1.